The van der Waals surface area contributed by atoms with Gasteiger partial charge in [0.25, 0.3) is 0 Å². The fourth-order valence-corrected chi connectivity index (χ4v) is 3.04. The summed E-state index contributed by atoms with van der Waals surface area (Å²) in [5.41, 5.74) is 0. The molecule has 0 amide bonds. The first-order chi connectivity index (χ1) is 8.77. The molecule has 1 saturated heterocycles. The van der Waals surface area contributed by atoms with Crippen molar-refractivity contribution in [3.8, 4) is 0 Å². The van der Waals surface area contributed by atoms with Crippen molar-refractivity contribution in [2.45, 2.75) is 6.04 Å². The number of rotatable bonds is 2. The number of hydrogen-bond acceptors (Lipinski definition) is 5. The minimum Gasteiger partial charge on any atom is -0.480 e. The Kier molecular flexibility index (Phi) is 2.89. The summed E-state index contributed by atoms with van der Waals surface area (Å²) in [4.78, 5) is 13.2. The van der Waals surface area contributed by atoms with Gasteiger partial charge in [-0.2, -0.15) is 4.37 Å². The summed E-state index contributed by atoms with van der Waals surface area (Å²) >= 11 is 1.42. The van der Waals surface area contributed by atoms with E-state index in [-0.39, 0.29) is 0 Å². The number of nitrogens with one attached hydrogen (secondary N) is 1. The number of anilines is 1. The average Bonchev–Trinajstić information content (AvgIpc) is 2.82. The van der Waals surface area contributed by atoms with E-state index in [1.54, 1.807) is 0 Å². The fourth-order valence-electron chi connectivity index (χ4n) is 2.26. The molecule has 0 radical (unpaired) electrons. The quantitative estimate of drug-likeness (QED) is 0.851. The van der Waals surface area contributed by atoms with Crippen molar-refractivity contribution < 1.29 is 9.90 Å². The number of aliphatic carboxylic acids is 1. The van der Waals surface area contributed by atoms with Crippen LogP contribution in [-0.4, -0.2) is 41.1 Å². The van der Waals surface area contributed by atoms with E-state index in [4.69, 9.17) is 0 Å². The van der Waals surface area contributed by atoms with E-state index in [1.807, 2.05) is 29.2 Å². The average molecular weight is 263 g/mol. The zero-order valence-corrected chi connectivity index (χ0v) is 10.5. The first-order valence-electron chi connectivity index (χ1n) is 5.82. The molecule has 1 unspecified atom stereocenters. The van der Waals surface area contributed by atoms with Gasteiger partial charge in [0, 0.05) is 25.0 Å². The summed E-state index contributed by atoms with van der Waals surface area (Å²) in [5, 5.41) is 13.4. The number of carboxylic acids is 1. The molecule has 5 nitrogen and oxygen atoms in total. The number of hydrogen-bond donors (Lipinski definition) is 2. The highest BCUT2D eigenvalue weighted by atomic mass is 32.1. The van der Waals surface area contributed by atoms with Gasteiger partial charge in [0.15, 0.2) is 5.82 Å². The third-order valence-electron chi connectivity index (χ3n) is 3.16. The number of carbonyl (C=O) groups is 1. The van der Waals surface area contributed by atoms with Gasteiger partial charge in [0.2, 0.25) is 0 Å². The highest BCUT2D eigenvalue weighted by Crippen LogP contribution is 2.30. The second-order valence-corrected chi connectivity index (χ2v) is 5.06. The van der Waals surface area contributed by atoms with E-state index in [9.17, 15) is 9.90 Å². The predicted octanol–water partition coefficient (Wildman–Crippen LogP) is 1.16. The standard InChI is InChI=1S/C12H13N3O2S/c16-12(17)9-7-13-5-6-15(9)11-8-3-1-2-4-10(8)18-14-11/h1-4,9,13H,5-7H2,(H,16,17). The van der Waals surface area contributed by atoms with Crippen LogP contribution >= 0.6 is 11.5 Å². The molecule has 3 rings (SSSR count). The maximum Gasteiger partial charge on any atom is 0.327 e. The molecule has 1 aromatic heterocycles. The second-order valence-electron chi connectivity index (χ2n) is 4.25. The summed E-state index contributed by atoms with van der Waals surface area (Å²) in [6, 6.07) is 7.39. The monoisotopic (exact) mass is 263 g/mol. The maximum absolute atomic E-state index is 11.3. The van der Waals surface area contributed by atoms with Gasteiger partial charge in [-0.1, -0.05) is 12.1 Å². The molecule has 2 aromatic rings. The molecule has 0 saturated carbocycles. The minimum absolute atomic E-state index is 0.460. The van der Waals surface area contributed by atoms with Crippen LogP contribution in [0.5, 0.6) is 0 Å². The summed E-state index contributed by atoms with van der Waals surface area (Å²) in [7, 11) is 0. The Bertz CT molecular complexity index is 583. The zero-order chi connectivity index (χ0) is 12.5. The van der Waals surface area contributed by atoms with Gasteiger partial charge in [-0.15, -0.1) is 0 Å². The second kappa shape index (κ2) is 4.55. The molecule has 1 aliphatic heterocycles. The predicted molar refractivity (Wildman–Crippen MR) is 71.3 cm³/mol. The highest BCUT2D eigenvalue weighted by molar-refractivity contribution is 7.13. The number of piperazine rings is 1. The third-order valence-corrected chi connectivity index (χ3v) is 3.98. The summed E-state index contributed by atoms with van der Waals surface area (Å²) in [6.07, 6.45) is 0. The number of fused-ring (bicyclic) bond motifs is 1. The van der Waals surface area contributed by atoms with Crippen molar-refractivity contribution in [2.24, 2.45) is 0 Å². The van der Waals surface area contributed by atoms with Crippen LogP contribution in [0.3, 0.4) is 0 Å². The maximum atomic E-state index is 11.3. The third kappa shape index (κ3) is 1.83. The van der Waals surface area contributed by atoms with Gasteiger partial charge < -0.3 is 15.3 Å². The van der Waals surface area contributed by atoms with Crippen LogP contribution < -0.4 is 10.2 Å². The van der Waals surface area contributed by atoms with Crippen LogP contribution in [0.25, 0.3) is 10.1 Å². The first-order valence-corrected chi connectivity index (χ1v) is 6.59. The smallest absolute Gasteiger partial charge is 0.327 e. The van der Waals surface area contributed by atoms with Crippen molar-refractivity contribution in [3.05, 3.63) is 24.3 Å². The van der Waals surface area contributed by atoms with Crippen LogP contribution in [0.2, 0.25) is 0 Å². The molecule has 1 fully saturated rings. The lowest BCUT2D eigenvalue weighted by atomic mass is 10.1. The summed E-state index contributed by atoms with van der Waals surface area (Å²) in [5.74, 6) is -0.0104. The molecule has 1 aliphatic rings. The van der Waals surface area contributed by atoms with Crippen LogP contribution in [0.15, 0.2) is 24.3 Å². The van der Waals surface area contributed by atoms with Crippen LogP contribution in [0.1, 0.15) is 0 Å². The zero-order valence-electron chi connectivity index (χ0n) is 9.67. The van der Waals surface area contributed by atoms with Gasteiger partial charge >= 0.3 is 5.97 Å². The molecule has 0 spiro atoms. The fraction of sp³-hybridized carbons (Fsp3) is 0.333. The Morgan fingerprint density at radius 3 is 3.17 bits per heavy atom. The van der Waals surface area contributed by atoms with Crippen LogP contribution in [0.4, 0.5) is 5.82 Å². The molecule has 94 valence electrons. The van der Waals surface area contributed by atoms with Gasteiger partial charge in [-0.05, 0) is 23.7 Å². The van der Waals surface area contributed by atoms with E-state index in [2.05, 4.69) is 9.69 Å². The van der Waals surface area contributed by atoms with E-state index in [1.165, 1.54) is 11.5 Å². The lowest BCUT2D eigenvalue weighted by Crippen LogP contribution is -2.55. The van der Waals surface area contributed by atoms with E-state index < -0.39 is 12.0 Å². The Balaban J connectivity index is 2.04. The van der Waals surface area contributed by atoms with E-state index in [0.717, 1.165) is 22.4 Å². The van der Waals surface area contributed by atoms with Gasteiger partial charge in [-0.3, -0.25) is 0 Å². The Morgan fingerprint density at radius 1 is 1.50 bits per heavy atom. The topological polar surface area (TPSA) is 65.5 Å². The molecule has 2 N–H and O–H groups in total. The molecular weight excluding hydrogens is 250 g/mol. The molecule has 1 aromatic carbocycles. The largest absolute Gasteiger partial charge is 0.480 e. The van der Waals surface area contributed by atoms with Gasteiger partial charge in [0.1, 0.15) is 6.04 Å². The Morgan fingerprint density at radius 2 is 2.33 bits per heavy atom. The SMILES string of the molecule is O=C(O)C1CNCCN1c1nsc2ccccc12. The molecular formula is C12H13N3O2S. The molecule has 1 atom stereocenters. The van der Waals surface area contributed by atoms with Gasteiger partial charge in [-0.25, -0.2) is 4.79 Å². The lowest BCUT2D eigenvalue weighted by molar-refractivity contribution is -0.138. The first kappa shape index (κ1) is 11.4. The van der Waals surface area contributed by atoms with E-state index in [0.29, 0.717) is 13.1 Å². The van der Waals surface area contributed by atoms with Crippen molar-refractivity contribution in [1.82, 2.24) is 9.69 Å². The number of benzene rings is 1. The molecule has 0 bridgehead atoms. The molecule has 6 heteroatoms. The number of carboxylic acid groups (broad SMARTS) is 1. The van der Waals surface area contributed by atoms with Gasteiger partial charge in [0.05, 0.1) is 4.70 Å². The molecule has 0 aliphatic carbocycles. The van der Waals surface area contributed by atoms with Crippen LogP contribution in [0, 0.1) is 0 Å². The van der Waals surface area contributed by atoms with Crippen molar-refractivity contribution in [2.75, 3.05) is 24.5 Å². The summed E-state index contributed by atoms with van der Waals surface area (Å²) in [6.45, 7) is 1.92. The summed E-state index contributed by atoms with van der Waals surface area (Å²) < 4.78 is 5.52. The van der Waals surface area contributed by atoms with Crippen molar-refractivity contribution >= 4 is 33.4 Å². The Labute approximate surface area is 108 Å². The lowest BCUT2D eigenvalue weighted by Gasteiger charge is -2.33. The molecule has 18 heavy (non-hydrogen) atoms. The van der Waals surface area contributed by atoms with Crippen LogP contribution in [-0.2, 0) is 4.79 Å². The normalized spacial score (nSPS) is 20.2. The highest BCUT2D eigenvalue weighted by Gasteiger charge is 2.30. The number of aromatic nitrogens is 1. The number of nitrogens with zero attached hydrogens (tertiary/aromatic N) is 2. The minimum atomic E-state index is -0.806. The van der Waals surface area contributed by atoms with Crippen molar-refractivity contribution in [1.29, 1.82) is 0 Å². The van der Waals surface area contributed by atoms with Crippen molar-refractivity contribution in [3.63, 3.8) is 0 Å². The van der Waals surface area contributed by atoms with E-state index >= 15 is 0 Å². The Hall–Kier alpha value is -1.66. The molecule has 2 heterocycles.